The van der Waals surface area contributed by atoms with Crippen LogP contribution in [0.3, 0.4) is 0 Å². The Hall–Kier alpha value is -3.22. The van der Waals surface area contributed by atoms with Gasteiger partial charge < -0.3 is 15.4 Å². The zero-order valence-electron chi connectivity index (χ0n) is 18.8. The Balaban J connectivity index is 1.47. The number of anilines is 1. The van der Waals surface area contributed by atoms with E-state index in [0.29, 0.717) is 23.1 Å². The highest BCUT2D eigenvalue weighted by Gasteiger charge is 2.19. The molecule has 3 heterocycles. The molecule has 2 N–H and O–H groups in total. The molecule has 1 aliphatic carbocycles. The van der Waals surface area contributed by atoms with Gasteiger partial charge in [-0.25, -0.2) is 0 Å². The smallest absolute Gasteiger partial charge is 0.324 e. The molecule has 0 atom stereocenters. The molecule has 2 aromatic rings. The van der Waals surface area contributed by atoms with Crippen LogP contribution >= 0.6 is 11.6 Å². The van der Waals surface area contributed by atoms with E-state index in [2.05, 4.69) is 51.8 Å². The van der Waals surface area contributed by atoms with E-state index in [-0.39, 0.29) is 6.01 Å². The molecular formula is C26H26ClN5O. The maximum absolute atomic E-state index is 6.69. The minimum atomic E-state index is 0.256. The number of aliphatic imine (C=N–C) groups is 1. The fraction of sp³-hybridized carbons (Fsp3) is 0.269. The molecule has 2 aliphatic heterocycles. The summed E-state index contributed by atoms with van der Waals surface area (Å²) in [6.45, 7) is 6.50. The first kappa shape index (κ1) is 21.6. The summed E-state index contributed by atoms with van der Waals surface area (Å²) >= 11 is 6.69. The third kappa shape index (κ3) is 4.77. The standard InChI is InChI=1S/C26H26ClN5O/c1-3-4-17-13-23(29-15-17)31-24-14-21(18-7-9-28-10-8-18)30-26(32-24)33-22-6-5-19-11-16(2)12-20(19)25(22)27/h3-7,12-14,28H,8-11,15H2,1-2H3,(H,29,30,31,32)/b4-3+. The lowest BCUT2D eigenvalue weighted by Gasteiger charge is -2.16. The highest BCUT2D eigenvalue weighted by Crippen LogP contribution is 2.38. The SMILES string of the molecule is C/C=C/C1=CC(Nc2cc(C3=CCNCC3)nc(Oc3ccc4c(c3Cl)C=C(C)C4)n2)=NC1. The fourth-order valence-corrected chi connectivity index (χ4v) is 4.50. The van der Waals surface area contributed by atoms with E-state index in [1.165, 1.54) is 16.7 Å². The largest absolute Gasteiger partial charge is 0.423 e. The van der Waals surface area contributed by atoms with Crippen molar-refractivity contribution in [2.45, 2.75) is 26.7 Å². The number of ether oxygens (including phenoxy) is 1. The number of aromatic nitrogens is 2. The van der Waals surface area contributed by atoms with Crippen molar-refractivity contribution in [2.75, 3.05) is 25.0 Å². The molecular weight excluding hydrogens is 434 g/mol. The quantitative estimate of drug-likeness (QED) is 0.610. The van der Waals surface area contributed by atoms with Crippen LogP contribution in [0.1, 0.15) is 37.1 Å². The average molecular weight is 460 g/mol. The average Bonchev–Trinajstić information content (AvgIpc) is 3.42. The maximum atomic E-state index is 6.69. The first-order valence-corrected chi connectivity index (χ1v) is 11.6. The van der Waals surface area contributed by atoms with E-state index >= 15 is 0 Å². The number of fused-ring (bicyclic) bond motifs is 1. The molecule has 0 bridgehead atoms. The summed E-state index contributed by atoms with van der Waals surface area (Å²) in [5.74, 6) is 1.96. The first-order chi connectivity index (χ1) is 16.1. The van der Waals surface area contributed by atoms with E-state index in [4.69, 9.17) is 21.3 Å². The molecule has 7 heteroatoms. The van der Waals surface area contributed by atoms with Crippen LogP contribution in [0.25, 0.3) is 11.6 Å². The van der Waals surface area contributed by atoms with Crippen LogP contribution in [-0.2, 0) is 6.42 Å². The lowest BCUT2D eigenvalue weighted by Crippen LogP contribution is -2.20. The Morgan fingerprint density at radius 1 is 1.21 bits per heavy atom. The van der Waals surface area contributed by atoms with E-state index in [1.807, 2.05) is 31.2 Å². The highest BCUT2D eigenvalue weighted by molar-refractivity contribution is 6.33. The van der Waals surface area contributed by atoms with Crippen molar-refractivity contribution in [1.29, 1.82) is 0 Å². The van der Waals surface area contributed by atoms with Crippen LogP contribution in [0.15, 0.2) is 58.6 Å². The van der Waals surface area contributed by atoms with Crippen molar-refractivity contribution in [2.24, 2.45) is 4.99 Å². The highest BCUT2D eigenvalue weighted by atomic mass is 35.5. The summed E-state index contributed by atoms with van der Waals surface area (Å²) in [6, 6.07) is 6.16. The Morgan fingerprint density at radius 2 is 2.12 bits per heavy atom. The summed E-state index contributed by atoms with van der Waals surface area (Å²) in [4.78, 5) is 13.9. The lowest BCUT2D eigenvalue weighted by atomic mass is 10.1. The van der Waals surface area contributed by atoms with Gasteiger partial charge in [0.1, 0.15) is 17.4 Å². The molecule has 0 amide bonds. The number of rotatable bonds is 5. The van der Waals surface area contributed by atoms with Crippen LogP contribution in [-0.4, -0.2) is 35.4 Å². The second-order valence-electron chi connectivity index (χ2n) is 8.37. The van der Waals surface area contributed by atoms with Gasteiger partial charge in [0.2, 0.25) is 0 Å². The van der Waals surface area contributed by atoms with Crippen molar-refractivity contribution < 1.29 is 4.74 Å². The normalized spacial score (nSPS) is 17.4. The summed E-state index contributed by atoms with van der Waals surface area (Å²) < 4.78 is 6.13. The van der Waals surface area contributed by atoms with Crippen molar-refractivity contribution in [3.63, 3.8) is 0 Å². The van der Waals surface area contributed by atoms with Crippen molar-refractivity contribution in [1.82, 2.24) is 15.3 Å². The Kier molecular flexibility index (Phi) is 6.11. The molecule has 6 nitrogen and oxygen atoms in total. The van der Waals surface area contributed by atoms with Gasteiger partial charge in [-0.3, -0.25) is 4.99 Å². The molecule has 1 aromatic carbocycles. The molecule has 0 unspecified atom stereocenters. The number of allylic oxidation sites excluding steroid dienone is 2. The van der Waals surface area contributed by atoms with Crippen LogP contribution < -0.4 is 15.4 Å². The fourth-order valence-electron chi connectivity index (χ4n) is 4.22. The topological polar surface area (TPSA) is 71.4 Å². The Morgan fingerprint density at radius 3 is 2.94 bits per heavy atom. The van der Waals surface area contributed by atoms with Gasteiger partial charge in [0, 0.05) is 18.2 Å². The van der Waals surface area contributed by atoms with Gasteiger partial charge in [-0.05, 0) is 62.1 Å². The molecule has 5 rings (SSSR count). The Bertz CT molecular complexity index is 1260. The van der Waals surface area contributed by atoms with E-state index in [1.54, 1.807) is 0 Å². The lowest BCUT2D eigenvalue weighted by molar-refractivity contribution is 0.442. The second-order valence-corrected chi connectivity index (χ2v) is 8.75. The number of amidine groups is 1. The molecule has 3 aliphatic rings. The van der Waals surface area contributed by atoms with Gasteiger partial charge in [-0.1, -0.05) is 47.5 Å². The summed E-state index contributed by atoms with van der Waals surface area (Å²) in [5.41, 5.74) is 6.68. The van der Waals surface area contributed by atoms with Crippen molar-refractivity contribution in [3.8, 4) is 11.8 Å². The molecule has 1 aromatic heterocycles. The molecule has 33 heavy (non-hydrogen) atoms. The summed E-state index contributed by atoms with van der Waals surface area (Å²) in [5, 5.41) is 7.25. The minimum Gasteiger partial charge on any atom is -0.423 e. The van der Waals surface area contributed by atoms with Gasteiger partial charge in [-0.15, -0.1) is 0 Å². The third-order valence-electron chi connectivity index (χ3n) is 5.79. The van der Waals surface area contributed by atoms with Gasteiger partial charge in [0.25, 0.3) is 0 Å². The van der Waals surface area contributed by atoms with Gasteiger partial charge in [0.05, 0.1) is 17.3 Å². The van der Waals surface area contributed by atoms with Gasteiger partial charge in [-0.2, -0.15) is 9.97 Å². The van der Waals surface area contributed by atoms with Crippen LogP contribution in [0.2, 0.25) is 5.02 Å². The number of benzene rings is 1. The van der Waals surface area contributed by atoms with Crippen LogP contribution in [0.5, 0.6) is 11.8 Å². The van der Waals surface area contributed by atoms with Crippen molar-refractivity contribution >= 4 is 34.9 Å². The molecule has 0 spiro atoms. The van der Waals surface area contributed by atoms with Crippen LogP contribution in [0, 0.1) is 0 Å². The van der Waals surface area contributed by atoms with Crippen LogP contribution in [0.4, 0.5) is 5.82 Å². The zero-order valence-corrected chi connectivity index (χ0v) is 19.5. The predicted octanol–water partition coefficient (Wildman–Crippen LogP) is 5.58. The summed E-state index contributed by atoms with van der Waals surface area (Å²) in [6.07, 6.45) is 12.2. The monoisotopic (exact) mass is 459 g/mol. The van der Waals surface area contributed by atoms with E-state index in [9.17, 15) is 0 Å². The molecule has 0 saturated carbocycles. The molecule has 0 fully saturated rings. The van der Waals surface area contributed by atoms with Gasteiger partial charge >= 0.3 is 6.01 Å². The van der Waals surface area contributed by atoms with Crippen molar-refractivity contribution in [3.05, 3.63) is 75.5 Å². The predicted molar refractivity (Wildman–Crippen MR) is 135 cm³/mol. The number of nitrogens with one attached hydrogen (secondary N) is 2. The minimum absolute atomic E-state index is 0.256. The number of hydrogen-bond donors (Lipinski definition) is 2. The van der Waals surface area contributed by atoms with E-state index < -0.39 is 0 Å². The van der Waals surface area contributed by atoms with Gasteiger partial charge in [0.15, 0.2) is 0 Å². The Labute approximate surface area is 198 Å². The molecule has 0 saturated heterocycles. The maximum Gasteiger partial charge on any atom is 0.324 e. The second kappa shape index (κ2) is 9.33. The van der Waals surface area contributed by atoms with E-state index in [0.717, 1.165) is 48.6 Å². The molecule has 168 valence electrons. The first-order valence-electron chi connectivity index (χ1n) is 11.2. The zero-order chi connectivity index (χ0) is 22.8. The third-order valence-corrected chi connectivity index (χ3v) is 6.18. The molecule has 0 radical (unpaired) electrons. The number of halogens is 1. The number of hydrogen-bond acceptors (Lipinski definition) is 6. The summed E-state index contributed by atoms with van der Waals surface area (Å²) in [7, 11) is 0. The number of nitrogens with zero attached hydrogens (tertiary/aromatic N) is 3.